The number of rotatable bonds is 5. The van der Waals surface area contributed by atoms with Gasteiger partial charge in [-0.1, -0.05) is 0 Å². The van der Waals surface area contributed by atoms with Crippen molar-refractivity contribution in [1.29, 1.82) is 0 Å². The summed E-state index contributed by atoms with van der Waals surface area (Å²) in [4.78, 5) is 25.7. The molecule has 2 fully saturated rings. The fourth-order valence-electron chi connectivity index (χ4n) is 4.03. The van der Waals surface area contributed by atoms with Crippen LogP contribution < -0.4 is 10.3 Å². The largest absolute Gasteiger partial charge is 0.490 e. The number of likely N-dealkylation sites (tertiary alicyclic amines) is 1. The van der Waals surface area contributed by atoms with Gasteiger partial charge in [0.25, 0.3) is 5.56 Å². The van der Waals surface area contributed by atoms with Gasteiger partial charge in [-0.15, -0.1) is 0 Å². The Hall–Kier alpha value is -2.81. The summed E-state index contributed by atoms with van der Waals surface area (Å²) in [5.74, 6) is 0.864. The Morgan fingerprint density at radius 3 is 2.40 bits per heavy atom. The van der Waals surface area contributed by atoms with Crippen LogP contribution in [-0.2, 0) is 9.84 Å². The van der Waals surface area contributed by atoms with Crippen molar-refractivity contribution in [3.8, 4) is 11.4 Å². The maximum absolute atomic E-state index is 12.6. The van der Waals surface area contributed by atoms with Gasteiger partial charge in [-0.25, -0.2) is 13.2 Å². The maximum Gasteiger partial charge on any atom is 0.407 e. The number of carbonyl (C=O) groups is 1. The van der Waals surface area contributed by atoms with Crippen molar-refractivity contribution in [3.63, 3.8) is 0 Å². The van der Waals surface area contributed by atoms with Gasteiger partial charge >= 0.3 is 6.09 Å². The number of amides is 1. The number of sulfone groups is 1. The smallest absolute Gasteiger partial charge is 0.407 e. The average molecular weight is 432 g/mol. The maximum atomic E-state index is 12.6. The zero-order valence-corrected chi connectivity index (χ0v) is 17.4. The molecule has 1 aromatic heterocycles. The number of hydrogen-bond donors (Lipinski definition) is 1. The Morgan fingerprint density at radius 2 is 1.83 bits per heavy atom. The van der Waals surface area contributed by atoms with Crippen LogP contribution in [0, 0.1) is 5.92 Å². The second-order valence-corrected chi connectivity index (χ2v) is 10.00. The predicted molar refractivity (Wildman–Crippen MR) is 110 cm³/mol. The third kappa shape index (κ3) is 4.35. The van der Waals surface area contributed by atoms with Crippen LogP contribution in [0.15, 0.2) is 52.3 Å². The first-order valence-corrected chi connectivity index (χ1v) is 11.8. The fraction of sp³-hybridized carbons (Fsp3) is 0.429. The van der Waals surface area contributed by atoms with Crippen LogP contribution in [0.2, 0.25) is 0 Å². The zero-order valence-electron chi connectivity index (χ0n) is 16.6. The number of piperidine rings is 1. The van der Waals surface area contributed by atoms with Gasteiger partial charge in [0.2, 0.25) is 0 Å². The molecule has 4 rings (SSSR count). The highest BCUT2D eigenvalue weighted by atomic mass is 32.2. The van der Waals surface area contributed by atoms with Crippen molar-refractivity contribution in [2.75, 3.05) is 12.8 Å². The minimum Gasteiger partial charge on any atom is -0.490 e. The minimum atomic E-state index is -3.30. The van der Waals surface area contributed by atoms with E-state index in [-0.39, 0.29) is 22.6 Å². The van der Waals surface area contributed by atoms with Gasteiger partial charge in [0.15, 0.2) is 9.84 Å². The molecule has 9 heteroatoms. The Kier molecular flexibility index (Phi) is 5.31. The van der Waals surface area contributed by atoms with Gasteiger partial charge in [-0.05, 0) is 49.1 Å². The summed E-state index contributed by atoms with van der Waals surface area (Å²) in [6.07, 6.45) is 5.04. The first kappa shape index (κ1) is 20.5. The molecule has 2 heterocycles. The first-order valence-electron chi connectivity index (χ1n) is 9.92. The summed E-state index contributed by atoms with van der Waals surface area (Å²) in [7, 11) is -3.30. The lowest BCUT2D eigenvalue weighted by molar-refractivity contribution is 0.0467. The Morgan fingerprint density at radius 1 is 1.13 bits per heavy atom. The van der Waals surface area contributed by atoms with Crippen LogP contribution in [0.25, 0.3) is 5.69 Å². The molecule has 2 aromatic rings. The van der Waals surface area contributed by atoms with E-state index < -0.39 is 15.9 Å². The molecule has 30 heavy (non-hydrogen) atoms. The molecule has 160 valence electrons. The number of pyridine rings is 1. The summed E-state index contributed by atoms with van der Waals surface area (Å²) < 4.78 is 30.6. The van der Waals surface area contributed by atoms with Crippen molar-refractivity contribution in [2.45, 2.75) is 42.7 Å². The number of benzene rings is 1. The molecule has 1 amide bonds. The van der Waals surface area contributed by atoms with Crippen molar-refractivity contribution >= 4 is 15.9 Å². The third-order valence-electron chi connectivity index (χ3n) is 5.75. The van der Waals surface area contributed by atoms with E-state index in [9.17, 15) is 23.1 Å². The van der Waals surface area contributed by atoms with Crippen molar-refractivity contribution in [3.05, 3.63) is 52.9 Å². The molecule has 1 aromatic carbocycles. The summed E-state index contributed by atoms with van der Waals surface area (Å²) in [5, 5.41) is 9.41. The van der Waals surface area contributed by atoms with Gasteiger partial charge in [0.1, 0.15) is 11.9 Å². The van der Waals surface area contributed by atoms with Crippen LogP contribution in [0.1, 0.15) is 25.7 Å². The first-order chi connectivity index (χ1) is 14.2. The molecular formula is C21H24N2O6S. The van der Waals surface area contributed by atoms with Crippen molar-refractivity contribution in [1.82, 2.24) is 9.47 Å². The van der Waals surface area contributed by atoms with E-state index in [4.69, 9.17) is 4.74 Å². The summed E-state index contributed by atoms with van der Waals surface area (Å²) in [6, 6.07) is 9.18. The normalized spacial score (nSPS) is 22.0. The summed E-state index contributed by atoms with van der Waals surface area (Å²) in [6.45, 7) is 0.435. The van der Waals surface area contributed by atoms with Crippen LogP contribution in [0.3, 0.4) is 0 Å². The van der Waals surface area contributed by atoms with Gasteiger partial charge in [-0.2, -0.15) is 0 Å². The number of nitrogens with zero attached hydrogens (tertiary/aromatic N) is 2. The number of ether oxygens (including phenoxy) is 1. The van der Waals surface area contributed by atoms with E-state index in [1.165, 1.54) is 27.7 Å². The predicted octanol–water partition coefficient (Wildman–Crippen LogP) is 2.54. The lowest BCUT2D eigenvalue weighted by Gasteiger charge is -2.38. The third-order valence-corrected chi connectivity index (χ3v) is 6.87. The lowest BCUT2D eigenvalue weighted by atomic mass is 9.96. The van der Waals surface area contributed by atoms with Crippen molar-refractivity contribution < 1.29 is 23.1 Å². The SMILES string of the molecule is CS(=O)(=O)c1ccc(-n2ccc(OC3CCN(C(=O)O)C(C4CC4)C3)cc2=O)cc1. The van der Waals surface area contributed by atoms with E-state index in [1.54, 1.807) is 24.4 Å². The van der Waals surface area contributed by atoms with Crippen LogP contribution >= 0.6 is 0 Å². The molecule has 0 radical (unpaired) electrons. The van der Waals surface area contributed by atoms with Gasteiger partial charge in [0, 0.05) is 49.6 Å². The Balaban J connectivity index is 1.47. The van der Waals surface area contributed by atoms with E-state index in [0.29, 0.717) is 36.7 Å². The molecule has 1 saturated heterocycles. The number of hydrogen-bond acceptors (Lipinski definition) is 5. The second kappa shape index (κ2) is 7.79. The van der Waals surface area contributed by atoms with E-state index >= 15 is 0 Å². The molecule has 0 bridgehead atoms. The highest BCUT2D eigenvalue weighted by Crippen LogP contribution is 2.40. The highest BCUT2D eigenvalue weighted by molar-refractivity contribution is 7.90. The Labute approximate surface area is 174 Å². The molecule has 1 saturated carbocycles. The molecule has 2 atom stereocenters. The quantitative estimate of drug-likeness (QED) is 0.778. The monoisotopic (exact) mass is 432 g/mol. The Bertz CT molecular complexity index is 1110. The second-order valence-electron chi connectivity index (χ2n) is 7.98. The van der Waals surface area contributed by atoms with E-state index in [2.05, 4.69) is 0 Å². The molecule has 1 aliphatic heterocycles. The molecule has 1 N–H and O–H groups in total. The van der Waals surface area contributed by atoms with Crippen LogP contribution in [0.5, 0.6) is 5.75 Å². The summed E-state index contributed by atoms with van der Waals surface area (Å²) >= 11 is 0. The van der Waals surface area contributed by atoms with Crippen LogP contribution in [-0.4, -0.2) is 54.0 Å². The van der Waals surface area contributed by atoms with Gasteiger partial charge < -0.3 is 14.7 Å². The van der Waals surface area contributed by atoms with Crippen molar-refractivity contribution in [2.24, 2.45) is 5.92 Å². The molecule has 0 spiro atoms. The minimum absolute atomic E-state index is 0.0185. The van der Waals surface area contributed by atoms with E-state index in [1.807, 2.05) is 0 Å². The van der Waals surface area contributed by atoms with Crippen LogP contribution in [0.4, 0.5) is 4.79 Å². The fourth-order valence-corrected chi connectivity index (χ4v) is 4.66. The molecule has 2 aliphatic rings. The number of carboxylic acid groups (broad SMARTS) is 1. The van der Waals surface area contributed by atoms with Gasteiger partial charge in [0.05, 0.1) is 4.90 Å². The molecule has 8 nitrogen and oxygen atoms in total. The molecule has 2 unspecified atom stereocenters. The summed E-state index contributed by atoms with van der Waals surface area (Å²) in [5.41, 5.74) is 0.267. The van der Waals surface area contributed by atoms with E-state index in [0.717, 1.165) is 19.1 Å². The topological polar surface area (TPSA) is 106 Å². The molecular weight excluding hydrogens is 408 g/mol. The average Bonchev–Trinajstić information content (AvgIpc) is 3.52. The molecule has 1 aliphatic carbocycles. The lowest BCUT2D eigenvalue weighted by Crippen LogP contribution is -2.49. The number of aromatic nitrogens is 1. The highest BCUT2D eigenvalue weighted by Gasteiger charge is 2.42. The van der Waals surface area contributed by atoms with Gasteiger partial charge in [-0.3, -0.25) is 9.36 Å². The zero-order chi connectivity index (χ0) is 21.5. The standard InChI is InChI=1S/C21H24N2O6S/c1-30(27,28)18-6-4-15(5-7-18)22-10-8-17(13-20(22)24)29-16-9-11-23(21(25)26)19(12-16)14-2-3-14/h4-8,10,13-14,16,19H,2-3,9,11-12H2,1H3,(H,25,26).